The third-order valence-electron chi connectivity index (χ3n) is 2.86. The number of nitrogens with two attached hydrogens (primary N) is 1. The van der Waals surface area contributed by atoms with Gasteiger partial charge >= 0.3 is 5.69 Å². The molecule has 0 saturated carbocycles. The molecule has 1 aliphatic heterocycles. The fourth-order valence-corrected chi connectivity index (χ4v) is 1.92. The van der Waals surface area contributed by atoms with E-state index in [1.807, 2.05) is 0 Å². The second-order valence-electron chi connectivity index (χ2n) is 4.23. The second kappa shape index (κ2) is 5.63. The van der Waals surface area contributed by atoms with Crippen LogP contribution in [0, 0.1) is 10.1 Å². The van der Waals surface area contributed by atoms with Crippen LogP contribution in [0.1, 0.15) is 19.3 Å². The largest absolute Gasteiger partial charge is 0.384 e. The number of anilines is 2. The number of hydrogen-bond donors (Lipinski definition) is 2. The predicted octanol–water partition coefficient (Wildman–Crippen LogP) is 1.55. The predicted molar refractivity (Wildman–Crippen MR) is 67.4 cm³/mol. The first-order chi connectivity index (χ1) is 8.66. The number of rotatable bonds is 4. The Bertz CT molecular complexity index is 432. The molecule has 2 rings (SSSR count). The van der Waals surface area contributed by atoms with E-state index in [0.29, 0.717) is 6.54 Å². The average molecular weight is 252 g/mol. The monoisotopic (exact) mass is 252 g/mol. The maximum absolute atomic E-state index is 10.8. The zero-order chi connectivity index (χ0) is 13.0. The summed E-state index contributed by atoms with van der Waals surface area (Å²) in [6.07, 6.45) is 3.25. The van der Waals surface area contributed by atoms with Crippen molar-refractivity contribution in [2.24, 2.45) is 0 Å². The van der Waals surface area contributed by atoms with Crippen molar-refractivity contribution in [2.75, 3.05) is 24.2 Å². The van der Waals surface area contributed by atoms with E-state index in [1.165, 1.54) is 12.1 Å². The SMILES string of the molecule is Nc1ccc([N+](=O)[O-])c(NCC2CCCCO2)n1. The van der Waals surface area contributed by atoms with Crippen LogP contribution in [0.4, 0.5) is 17.3 Å². The van der Waals surface area contributed by atoms with E-state index in [4.69, 9.17) is 10.5 Å². The van der Waals surface area contributed by atoms with Crippen molar-refractivity contribution in [3.05, 3.63) is 22.2 Å². The van der Waals surface area contributed by atoms with Gasteiger partial charge in [0.05, 0.1) is 11.0 Å². The Morgan fingerprint density at radius 1 is 1.56 bits per heavy atom. The highest BCUT2D eigenvalue weighted by molar-refractivity contribution is 5.59. The molecule has 0 spiro atoms. The minimum Gasteiger partial charge on any atom is -0.384 e. The topological polar surface area (TPSA) is 103 Å². The maximum Gasteiger partial charge on any atom is 0.311 e. The first-order valence-corrected chi connectivity index (χ1v) is 5.93. The van der Waals surface area contributed by atoms with Crippen LogP contribution in [-0.4, -0.2) is 29.2 Å². The Balaban J connectivity index is 2.03. The Labute approximate surface area is 104 Å². The summed E-state index contributed by atoms with van der Waals surface area (Å²) in [6, 6.07) is 2.77. The first kappa shape index (κ1) is 12.6. The standard InChI is InChI=1S/C11H16N4O3/c12-10-5-4-9(15(16)17)11(14-10)13-7-8-3-1-2-6-18-8/h4-5,8H,1-3,6-7H2,(H3,12,13,14). The molecule has 7 nitrogen and oxygen atoms in total. The van der Waals surface area contributed by atoms with Crippen molar-refractivity contribution in [1.29, 1.82) is 0 Å². The Morgan fingerprint density at radius 3 is 3.06 bits per heavy atom. The minimum atomic E-state index is -0.476. The Kier molecular flexibility index (Phi) is 3.93. The van der Waals surface area contributed by atoms with Gasteiger partial charge in [0.1, 0.15) is 5.82 Å². The normalized spacial score (nSPS) is 19.4. The molecule has 0 bridgehead atoms. The number of hydrogen-bond acceptors (Lipinski definition) is 6. The summed E-state index contributed by atoms with van der Waals surface area (Å²) < 4.78 is 5.54. The summed E-state index contributed by atoms with van der Waals surface area (Å²) >= 11 is 0. The van der Waals surface area contributed by atoms with Gasteiger partial charge in [0, 0.05) is 19.2 Å². The highest BCUT2D eigenvalue weighted by atomic mass is 16.6. The second-order valence-corrected chi connectivity index (χ2v) is 4.23. The maximum atomic E-state index is 10.8. The summed E-state index contributed by atoms with van der Waals surface area (Å²) in [4.78, 5) is 14.3. The highest BCUT2D eigenvalue weighted by Gasteiger charge is 2.18. The van der Waals surface area contributed by atoms with E-state index in [-0.39, 0.29) is 23.4 Å². The number of aromatic nitrogens is 1. The molecule has 1 fully saturated rings. The Morgan fingerprint density at radius 2 is 2.39 bits per heavy atom. The van der Waals surface area contributed by atoms with E-state index in [1.54, 1.807) is 0 Å². The average Bonchev–Trinajstić information content (AvgIpc) is 2.37. The van der Waals surface area contributed by atoms with Gasteiger partial charge in [0.2, 0.25) is 5.82 Å². The van der Waals surface area contributed by atoms with Crippen LogP contribution >= 0.6 is 0 Å². The zero-order valence-electron chi connectivity index (χ0n) is 9.96. The van der Waals surface area contributed by atoms with Gasteiger partial charge in [-0.3, -0.25) is 10.1 Å². The number of nitrogen functional groups attached to an aromatic ring is 1. The van der Waals surface area contributed by atoms with E-state index >= 15 is 0 Å². The van der Waals surface area contributed by atoms with Crippen LogP contribution in [0.3, 0.4) is 0 Å². The van der Waals surface area contributed by atoms with Gasteiger partial charge in [-0.25, -0.2) is 4.98 Å². The van der Waals surface area contributed by atoms with Gasteiger partial charge in [0.15, 0.2) is 0 Å². The van der Waals surface area contributed by atoms with Crippen LogP contribution in [0.15, 0.2) is 12.1 Å². The van der Waals surface area contributed by atoms with Crippen molar-refractivity contribution in [2.45, 2.75) is 25.4 Å². The van der Waals surface area contributed by atoms with Crippen LogP contribution in [0.25, 0.3) is 0 Å². The number of ether oxygens (including phenoxy) is 1. The fourth-order valence-electron chi connectivity index (χ4n) is 1.92. The third-order valence-corrected chi connectivity index (χ3v) is 2.86. The number of nitrogens with one attached hydrogen (secondary N) is 1. The molecule has 0 radical (unpaired) electrons. The highest BCUT2D eigenvalue weighted by Crippen LogP contribution is 2.23. The van der Waals surface area contributed by atoms with Crippen LogP contribution < -0.4 is 11.1 Å². The molecule has 0 aliphatic carbocycles. The lowest BCUT2D eigenvalue weighted by Crippen LogP contribution is -2.27. The molecule has 18 heavy (non-hydrogen) atoms. The van der Waals surface area contributed by atoms with Crippen LogP contribution in [-0.2, 0) is 4.74 Å². The van der Waals surface area contributed by atoms with Crippen LogP contribution in [0.2, 0.25) is 0 Å². The molecule has 0 amide bonds. The van der Waals surface area contributed by atoms with Gasteiger partial charge in [-0.2, -0.15) is 0 Å². The lowest BCUT2D eigenvalue weighted by molar-refractivity contribution is -0.384. The van der Waals surface area contributed by atoms with Gasteiger partial charge < -0.3 is 15.8 Å². The molecule has 1 saturated heterocycles. The van der Waals surface area contributed by atoms with E-state index in [9.17, 15) is 10.1 Å². The van der Waals surface area contributed by atoms with Crippen molar-refractivity contribution in [3.63, 3.8) is 0 Å². The molecule has 1 atom stereocenters. The molecule has 0 aromatic carbocycles. The summed E-state index contributed by atoms with van der Waals surface area (Å²) in [7, 11) is 0. The van der Waals surface area contributed by atoms with E-state index in [2.05, 4.69) is 10.3 Å². The molecule has 1 unspecified atom stereocenters. The molecule has 1 aromatic rings. The van der Waals surface area contributed by atoms with Gasteiger partial charge in [-0.05, 0) is 25.3 Å². The molecule has 7 heteroatoms. The first-order valence-electron chi connectivity index (χ1n) is 5.93. The smallest absolute Gasteiger partial charge is 0.311 e. The molecular formula is C11H16N4O3. The van der Waals surface area contributed by atoms with Crippen molar-refractivity contribution in [1.82, 2.24) is 4.98 Å². The summed E-state index contributed by atoms with van der Waals surface area (Å²) in [5.41, 5.74) is 5.46. The van der Waals surface area contributed by atoms with Gasteiger partial charge in [-0.1, -0.05) is 0 Å². The number of nitrogens with zero attached hydrogens (tertiary/aromatic N) is 2. The zero-order valence-corrected chi connectivity index (χ0v) is 9.96. The number of nitro groups is 1. The lowest BCUT2D eigenvalue weighted by Gasteiger charge is -2.22. The van der Waals surface area contributed by atoms with E-state index in [0.717, 1.165) is 25.9 Å². The summed E-state index contributed by atoms with van der Waals surface area (Å²) in [5, 5.41) is 13.8. The van der Waals surface area contributed by atoms with Crippen molar-refractivity contribution < 1.29 is 9.66 Å². The van der Waals surface area contributed by atoms with Crippen molar-refractivity contribution >= 4 is 17.3 Å². The molecule has 1 aromatic heterocycles. The quantitative estimate of drug-likeness (QED) is 0.622. The van der Waals surface area contributed by atoms with Gasteiger partial charge in [-0.15, -0.1) is 0 Å². The molecule has 1 aliphatic rings. The molecular weight excluding hydrogens is 236 g/mol. The third kappa shape index (κ3) is 3.07. The van der Waals surface area contributed by atoms with Gasteiger partial charge in [0.25, 0.3) is 0 Å². The molecule has 2 heterocycles. The summed E-state index contributed by atoms with van der Waals surface area (Å²) in [6.45, 7) is 1.26. The molecule has 3 N–H and O–H groups in total. The number of pyridine rings is 1. The molecule has 98 valence electrons. The Hall–Kier alpha value is -1.89. The van der Waals surface area contributed by atoms with E-state index < -0.39 is 4.92 Å². The lowest BCUT2D eigenvalue weighted by atomic mass is 10.1. The van der Waals surface area contributed by atoms with Crippen molar-refractivity contribution in [3.8, 4) is 0 Å². The van der Waals surface area contributed by atoms with Crippen LogP contribution in [0.5, 0.6) is 0 Å². The summed E-state index contributed by atoms with van der Waals surface area (Å²) in [5.74, 6) is 0.460. The fraction of sp³-hybridized carbons (Fsp3) is 0.545. The minimum absolute atomic E-state index is 0.0694.